The molecular formula is C28H35N7OS. The maximum Gasteiger partial charge on any atom is 0.233 e. The number of benzene rings is 2. The highest BCUT2D eigenvalue weighted by atomic mass is 32.1. The van der Waals surface area contributed by atoms with Crippen molar-refractivity contribution >= 4 is 18.5 Å². The quantitative estimate of drug-likeness (QED) is 0.228. The fourth-order valence-electron chi connectivity index (χ4n) is 4.35. The molecule has 2 heterocycles. The first kappa shape index (κ1) is 26.6. The Morgan fingerprint density at radius 3 is 2.54 bits per heavy atom. The Morgan fingerprint density at radius 1 is 1.11 bits per heavy atom. The molecule has 0 saturated heterocycles. The highest BCUT2D eigenvalue weighted by Gasteiger charge is 2.17. The number of H-pyrrole nitrogens is 1. The van der Waals surface area contributed by atoms with Gasteiger partial charge < -0.3 is 9.88 Å². The first-order valence-corrected chi connectivity index (χ1v) is 13.4. The van der Waals surface area contributed by atoms with Gasteiger partial charge in [-0.15, -0.1) is 10.2 Å². The van der Waals surface area contributed by atoms with Crippen molar-refractivity contribution in [2.45, 2.75) is 64.8 Å². The minimum absolute atomic E-state index is 0.0375. The Hall–Kier alpha value is -3.46. The van der Waals surface area contributed by atoms with Crippen LogP contribution in [0.5, 0.6) is 0 Å². The highest BCUT2D eigenvalue weighted by molar-refractivity contribution is 7.81. The topological polar surface area (TPSA) is 101 Å². The molecule has 2 N–H and O–H groups in total. The lowest BCUT2D eigenvalue weighted by molar-refractivity contribution is -0.121. The molecule has 0 aliphatic heterocycles. The monoisotopic (exact) mass is 517 g/mol. The predicted molar refractivity (Wildman–Crippen MR) is 149 cm³/mol. The molecule has 0 bridgehead atoms. The summed E-state index contributed by atoms with van der Waals surface area (Å²) in [5.41, 5.74) is 5.22. The average Bonchev–Trinajstić information content (AvgIpc) is 3.57. The summed E-state index contributed by atoms with van der Waals surface area (Å²) in [6.07, 6.45) is 5.71. The van der Waals surface area contributed by atoms with E-state index < -0.39 is 0 Å². The zero-order valence-corrected chi connectivity index (χ0v) is 22.6. The lowest BCUT2D eigenvalue weighted by Gasteiger charge is -2.16. The summed E-state index contributed by atoms with van der Waals surface area (Å²) in [5.74, 6) is 2.00. The van der Waals surface area contributed by atoms with Crippen LogP contribution in [0.3, 0.4) is 0 Å². The van der Waals surface area contributed by atoms with Crippen LogP contribution < -0.4 is 5.32 Å². The SMILES string of the molecule is CCCCc1ncc(CNC(=O)C(S)CC(C)C)n1Cc1ccc(-c2ccccc2-c2nn[nH]n2)cc1. The van der Waals surface area contributed by atoms with Crippen molar-refractivity contribution in [1.29, 1.82) is 0 Å². The summed E-state index contributed by atoms with van der Waals surface area (Å²) in [4.78, 5) is 17.2. The van der Waals surface area contributed by atoms with Gasteiger partial charge in [0.05, 0.1) is 23.7 Å². The molecule has 8 nitrogen and oxygen atoms in total. The summed E-state index contributed by atoms with van der Waals surface area (Å²) in [5, 5.41) is 17.3. The van der Waals surface area contributed by atoms with Gasteiger partial charge in [-0.2, -0.15) is 17.8 Å². The highest BCUT2D eigenvalue weighted by Crippen LogP contribution is 2.30. The maximum atomic E-state index is 12.6. The molecule has 2 aromatic carbocycles. The van der Waals surface area contributed by atoms with E-state index in [2.05, 4.69) is 94.2 Å². The predicted octanol–water partition coefficient (Wildman–Crippen LogP) is 5.08. The lowest BCUT2D eigenvalue weighted by atomic mass is 9.98. The molecule has 0 fully saturated rings. The fraction of sp³-hybridized carbons (Fsp3) is 0.393. The number of carbonyl (C=O) groups excluding carboxylic acids is 1. The van der Waals surface area contributed by atoms with Gasteiger partial charge in [0, 0.05) is 18.5 Å². The number of hydrogen-bond acceptors (Lipinski definition) is 6. The van der Waals surface area contributed by atoms with Crippen molar-refractivity contribution < 1.29 is 4.79 Å². The first-order valence-electron chi connectivity index (χ1n) is 12.9. The van der Waals surface area contributed by atoms with Gasteiger partial charge in [-0.1, -0.05) is 75.7 Å². The normalized spacial score (nSPS) is 12.1. The van der Waals surface area contributed by atoms with Crippen LogP contribution in [0.1, 0.15) is 57.1 Å². The molecule has 9 heteroatoms. The van der Waals surface area contributed by atoms with E-state index in [4.69, 9.17) is 4.98 Å². The number of tetrazole rings is 1. The van der Waals surface area contributed by atoms with Gasteiger partial charge in [0.2, 0.25) is 11.7 Å². The minimum Gasteiger partial charge on any atom is -0.350 e. The smallest absolute Gasteiger partial charge is 0.233 e. The second-order valence-electron chi connectivity index (χ2n) is 9.70. The summed E-state index contributed by atoms with van der Waals surface area (Å²) in [7, 11) is 0. The summed E-state index contributed by atoms with van der Waals surface area (Å²) in [6.45, 7) is 7.50. The Labute approximate surface area is 223 Å². The van der Waals surface area contributed by atoms with Gasteiger partial charge in [0.1, 0.15) is 5.82 Å². The van der Waals surface area contributed by atoms with Crippen LogP contribution in [-0.4, -0.2) is 41.3 Å². The molecule has 0 saturated carbocycles. The molecule has 4 aromatic rings. The molecule has 0 aliphatic carbocycles. The molecular weight excluding hydrogens is 482 g/mol. The number of aryl methyl sites for hydroxylation is 1. The van der Waals surface area contributed by atoms with E-state index in [0.29, 0.717) is 24.8 Å². The molecule has 2 aromatic heterocycles. The lowest BCUT2D eigenvalue weighted by Crippen LogP contribution is -2.32. The van der Waals surface area contributed by atoms with Crippen LogP contribution in [0.4, 0.5) is 0 Å². The number of nitrogens with zero attached hydrogens (tertiary/aromatic N) is 5. The zero-order chi connectivity index (χ0) is 26.2. The van der Waals surface area contributed by atoms with Crippen molar-refractivity contribution in [3.63, 3.8) is 0 Å². The molecule has 0 spiro atoms. The third-order valence-electron chi connectivity index (χ3n) is 6.33. The summed E-state index contributed by atoms with van der Waals surface area (Å²) < 4.78 is 2.23. The van der Waals surface area contributed by atoms with E-state index in [9.17, 15) is 4.79 Å². The van der Waals surface area contributed by atoms with Gasteiger partial charge in [0.25, 0.3) is 0 Å². The number of amides is 1. The largest absolute Gasteiger partial charge is 0.350 e. The zero-order valence-electron chi connectivity index (χ0n) is 21.7. The number of unbranched alkanes of at least 4 members (excludes halogenated alkanes) is 1. The van der Waals surface area contributed by atoms with Crippen molar-refractivity contribution in [3.05, 3.63) is 71.8 Å². The second kappa shape index (κ2) is 12.7. The van der Waals surface area contributed by atoms with Gasteiger partial charge >= 0.3 is 0 Å². The van der Waals surface area contributed by atoms with Gasteiger partial charge in [-0.25, -0.2) is 4.98 Å². The molecule has 194 valence electrons. The average molecular weight is 518 g/mol. The number of carbonyl (C=O) groups is 1. The third kappa shape index (κ3) is 6.85. The van der Waals surface area contributed by atoms with Crippen molar-refractivity contribution in [2.75, 3.05) is 0 Å². The van der Waals surface area contributed by atoms with Crippen LogP contribution >= 0.6 is 12.6 Å². The Bertz CT molecular complexity index is 1280. The summed E-state index contributed by atoms with van der Waals surface area (Å²) >= 11 is 4.49. The number of hydrogen-bond donors (Lipinski definition) is 3. The first-order chi connectivity index (χ1) is 18.0. The van der Waals surface area contributed by atoms with E-state index in [1.807, 2.05) is 24.4 Å². The van der Waals surface area contributed by atoms with Gasteiger partial charge in [-0.05, 0) is 40.7 Å². The van der Waals surface area contributed by atoms with Crippen LogP contribution in [0.25, 0.3) is 22.5 Å². The van der Waals surface area contributed by atoms with E-state index in [-0.39, 0.29) is 11.2 Å². The number of aromatic amines is 1. The molecule has 37 heavy (non-hydrogen) atoms. The van der Waals surface area contributed by atoms with E-state index in [1.165, 1.54) is 0 Å². The standard InChI is InChI=1S/C28H35N7OS/c1-4-5-10-26-29-16-22(17-30-28(36)25(37)15-19(2)3)35(26)18-20-11-13-21(14-12-20)23-8-6-7-9-24(23)27-31-33-34-32-27/h6-9,11-14,16,19,25,37H,4-5,10,15,17-18H2,1-3H3,(H,30,36)(H,31,32,33,34). The van der Waals surface area contributed by atoms with E-state index >= 15 is 0 Å². The molecule has 4 rings (SSSR count). The molecule has 0 radical (unpaired) electrons. The maximum absolute atomic E-state index is 12.6. The molecule has 1 amide bonds. The number of rotatable bonds is 12. The minimum atomic E-state index is -0.307. The Balaban J connectivity index is 1.52. The van der Waals surface area contributed by atoms with Crippen molar-refractivity contribution in [3.8, 4) is 22.5 Å². The van der Waals surface area contributed by atoms with Gasteiger partial charge in [0.15, 0.2) is 0 Å². The van der Waals surface area contributed by atoms with Crippen LogP contribution in [0.15, 0.2) is 54.7 Å². The van der Waals surface area contributed by atoms with E-state index in [0.717, 1.165) is 59.5 Å². The van der Waals surface area contributed by atoms with Crippen molar-refractivity contribution in [2.24, 2.45) is 5.92 Å². The Kier molecular flexibility index (Phi) is 9.11. The molecule has 1 unspecified atom stereocenters. The van der Waals surface area contributed by atoms with Crippen LogP contribution in [0.2, 0.25) is 0 Å². The van der Waals surface area contributed by atoms with Gasteiger partial charge in [-0.3, -0.25) is 4.79 Å². The Morgan fingerprint density at radius 2 is 1.86 bits per heavy atom. The van der Waals surface area contributed by atoms with Crippen LogP contribution in [-0.2, 0) is 24.3 Å². The third-order valence-corrected chi connectivity index (χ3v) is 6.78. The molecule has 0 aliphatic rings. The van der Waals surface area contributed by atoms with E-state index in [1.54, 1.807) is 0 Å². The number of aromatic nitrogens is 6. The van der Waals surface area contributed by atoms with Crippen LogP contribution in [0, 0.1) is 5.92 Å². The number of nitrogens with one attached hydrogen (secondary N) is 2. The fourth-order valence-corrected chi connectivity index (χ4v) is 4.86. The number of thiol groups is 1. The summed E-state index contributed by atoms with van der Waals surface area (Å²) in [6, 6.07) is 16.6. The second-order valence-corrected chi connectivity index (χ2v) is 10.3. The molecule has 1 atom stereocenters. The van der Waals surface area contributed by atoms with Crippen molar-refractivity contribution in [1.82, 2.24) is 35.5 Å². The number of imidazole rings is 1.